The van der Waals surface area contributed by atoms with Gasteiger partial charge in [-0.1, -0.05) is 43.5 Å². The second kappa shape index (κ2) is 6.73. The Morgan fingerprint density at radius 3 is 2.29 bits per heavy atom. The molecule has 0 aromatic heterocycles. The molecule has 0 aliphatic rings. The first-order valence-corrected chi connectivity index (χ1v) is 8.08. The zero-order chi connectivity index (χ0) is 15.7. The average Bonchev–Trinajstić information content (AvgIpc) is 2.42. The third-order valence-corrected chi connectivity index (χ3v) is 5.06. The van der Waals surface area contributed by atoms with Gasteiger partial charge in [-0.05, 0) is 49.4 Å². The molecule has 0 saturated heterocycles. The Kier molecular flexibility index (Phi) is 5.41. The first-order chi connectivity index (χ1) is 9.85. The van der Waals surface area contributed by atoms with E-state index in [-0.39, 0.29) is 10.6 Å². The summed E-state index contributed by atoms with van der Waals surface area (Å²) < 4.78 is 29.5. The second-order valence-corrected chi connectivity index (χ2v) is 6.75. The minimum Gasteiger partial charge on any atom is -0.309 e. The smallest absolute Gasteiger partial charge is 0.142 e. The molecule has 0 amide bonds. The highest BCUT2D eigenvalue weighted by molar-refractivity contribution is 9.11. The second-order valence-electron chi connectivity index (χ2n) is 4.63. The molecule has 0 spiro atoms. The van der Waals surface area contributed by atoms with Gasteiger partial charge in [0.1, 0.15) is 11.6 Å². The van der Waals surface area contributed by atoms with E-state index in [1.54, 1.807) is 7.05 Å². The Hall–Kier alpha value is -0.490. The lowest BCUT2D eigenvalue weighted by Gasteiger charge is -2.20. The molecular formula is C15H12Br2ClF2N. The fraction of sp³-hybridized carbons (Fsp3) is 0.200. The molecule has 0 saturated carbocycles. The molecule has 21 heavy (non-hydrogen) atoms. The normalized spacial score (nSPS) is 12.5. The van der Waals surface area contributed by atoms with Gasteiger partial charge in [-0.3, -0.25) is 0 Å². The predicted molar refractivity (Wildman–Crippen MR) is 88.8 cm³/mol. The van der Waals surface area contributed by atoms with E-state index in [1.165, 1.54) is 0 Å². The molecule has 0 fully saturated rings. The molecule has 1 N–H and O–H groups in total. The van der Waals surface area contributed by atoms with Crippen LogP contribution in [0, 0.1) is 18.6 Å². The maximum absolute atomic E-state index is 14.1. The van der Waals surface area contributed by atoms with Gasteiger partial charge in [-0.25, -0.2) is 8.78 Å². The van der Waals surface area contributed by atoms with Crippen LogP contribution in [0.5, 0.6) is 0 Å². The van der Waals surface area contributed by atoms with Crippen molar-refractivity contribution in [3.05, 3.63) is 66.6 Å². The van der Waals surface area contributed by atoms with Gasteiger partial charge in [0.25, 0.3) is 0 Å². The molecule has 2 rings (SSSR count). The Morgan fingerprint density at radius 1 is 1.00 bits per heavy atom. The molecule has 0 heterocycles. The molecule has 0 aliphatic carbocycles. The van der Waals surface area contributed by atoms with Crippen molar-refractivity contribution in [1.29, 1.82) is 0 Å². The van der Waals surface area contributed by atoms with Crippen LogP contribution in [-0.4, -0.2) is 7.05 Å². The standard InChI is InChI=1S/C15H12Br2ClF2N/c1-7-3-11(17)8(4-10(7)16)15(21-2)9-5-14(20)12(18)6-13(9)19/h3-6,15,21H,1-2H3. The summed E-state index contributed by atoms with van der Waals surface area (Å²) in [6.45, 7) is 1.95. The number of aryl methyl sites for hydroxylation is 1. The van der Waals surface area contributed by atoms with E-state index in [1.807, 2.05) is 19.1 Å². The summed E-state index contributed by atoms with van der Waals surface area (Å²) in [5, 5.41) is 2.78. The van der Waals surface area contributed by atoms with Gasteiger partial charge in [0, 0.05) is 14.5 Å². The maximum atomic E-state index is 14.1. The predicted octanol–water partition coefficient (Wildman–Crippen LogP) is 5.76. The molecule has 0 aliphatic heterocycles. The van der Waals surface area contributed by atoms with Crippen molar-refractivity contribution in [3.63, 3.8) is 0 Å². The van der Waals surface area contributed by atoms with Crippen molar-refractivity contribution in [2.45, 2.75) is 13.0 Å². The van der Waals surface area contributed by atoms with Crippen LogP contribution in [0.1, 0.15) is 22.7 Å². The molecule has 0 radical (unpaired) electrons. The third-order valence-electron chi connectivity index (χ3n) is 3.23. The number of hydrogen-bond acceptors (Lipinski definition) is 1. The molecule has 2 aromatic carbocycles. The number of nitrogens with one attached hydrogen (secondary N) is 1. The highest BCUT2D eigenvalue weighted by Gasteiger charge is 2.21. The fourth-order valence-corrected chi connectivity index (χ4v) is 3.32. The first-order valence-electron chi connectivity index (χ1n) is 6.12. The Balaban J connectivity index is 2.60. The number of halogens is 5. The van der Waals surface area contributed by atoms with E-state index < -0.39 is 17.7 Å². The van der Waals surface area contributed by atoms with E-state index in [2.05, 4.69) is 37.2 Å². The van der Waals surface area contributed by atoms with E-state index in [9.17, 15) is 8.78 Å². The third kappa shape index (κ3) is 3.47. The lowest BCUT2D eigenvalue weighted by molar-refractivity contribution is 0.557. The van der Waals surface area contributed by atoms with Crippen LogP contribution in [0.25, 0.3) is 0 Å². The van der Waals surface area contributed by atoms with Gasteiger partial charge in [0.15, 0.2) is 0 Å². The number of rotatable bonds is 3. The molecule has 0 bridgehead atoms. The van der Waals surface area contributed by atoms with Crippen LogP contribution in [0.2, 0.25) is 5.02 Å². The van der Waals surface area contributed by atoms with E-state index >= 15 is 0 Å². The Morgan fingerprint density at radius 2 is 1.67 bits per heavy atom. The maximum Gasteiger partial charge on any atom is 0.142 e. The van der Waals surface area contributed by atoms with Crippen molar-refractivity contribution >= 4 is 43.5 Å². The van der Waals surface area contributed by atoms with Crippen molar-refractivity contribution in [2.75, 3.05) is 7.05 Å². The van der Waals surface area contributed by atoms with E-state index in [0.29, 0.717) is 0 Å². The van der Waals surface area contributed by atoms with Gasteiger partial charge in [-0.15, -0.1) is 0 Å². The van der Waals surface area contributed by atoms with Crippen molar-refractivity contribution < 1.29 is 8.78 Å². The summed E-state index contributed by atoms with van der Waals surface area (Å²) in [5.41, 5.74) is 2.05. The topological polar surface area (TPSA) is 12.0 Å². The van der Waals surface area contributed by atoms with Gasteiger partial charge in [0.05, 0.1) is 11.1 Å². The summed E-state index contributed by atoms with van der Waals surface area (Å²) in [6, 6.07) is 5.43. The minimum atomic E-state index is -0.643. The fourth-order valence-electron chi connectivity index (χ4n) is 2.12. The molecule has 1 atom stereocenters. The first kappa shape index (κ1) is 16.9. The summed E-state index contributed by atoms with van der Waals surface area (Å²) >= 11 is 12.5. The molecule has 6 heteroatoms. The Bertz CT molecular complexity index is 634. The highest BCUT2D eigenvalue weighted by atomic mass is 79.9. The summed E-state index contributed by atoms with van der Waals surface area (Å²) in [6.07, 6.45) is 0. The largest absolute Gasteiger partial charge is 0.309 e. The molecule has 2 aromatic rings. The Labute approximate surface area is 144 Å². The lowest BCUT2D eigenvalue weighted by Crippen LogP contribution is -2.20. The van der Waals surface area contributed by atoms with Gasteiger partial charge >= 0.3 is 0 Å². The van der Waals surface area contributed by atoms with E-state index in [4.69, 9.17) is 11.6 Å². The molecular weight excluding hydrogens is 427 g/mol. The van der Waals surface area contributed by atoms with Gasteiger partial charge in [0.2, 0.25) is 0 Å². The van der Waals surface area contributed by atoms with Crippen LogP contribution in [0.4, 0.5) is 8.78 Å². The monoisotopic (exact) mass is 437 g/mol. The lowest BCUT2D eigenvalue weighted by atomic mass is 9.97. The summed E-state index contributed by atoms with van der Waals surface area (Å²) in [5.74, 6) is -1.19. The van der Waals surface area contributed by atoms with Crippen molar-refractivity contribution in [2.24, 2.45) is 0 Å². The molecule has 1 nitrogen and oxygen atoms in total. The van der Waals surface area contributed by atoms with E-state index in [0.717, 1.165) is 32.2 Å². The van der Waals surface area contributed by atoms with Crippen molar-refractivity contribution in [3.8, 4) is 0 Å². The van der Waals surface area contributed by atoms with Crippen LogP contribution in [0.3, 0.4) is 0 Å². The number of benzene rings is 2. The van der Waals surface area contributed by atoms with Crippen molar-refractivity contribution in [1.82, 2.24) is 5.32 Å². The van der Waals surface area contributed by atoms with Crippen LogP contribution in [0.15, 0.2) is 33.2 Å². The van der Waals surface area contributed by atoms with Crippen LogP contribution >= 0.6 is 43.5 Å². The zero-order valence-electron chi connectivity index (χ0n) is 11.3. The highest BCUT2D eigenvalue weighted by Crippen LogP contribution is 2.35. The number of hydrogen-bond donors (Lipinski definition) is 1. The minimum absolute atomic E-state index is 0.204. The SMILES string of the molecule is CNC(c1cc(F)c(Cl)cc1F)c1cc(Br)c(C)cc1Br. The van der Waals surface area contributed by atoms with Gasteiger partial charge in [-0.2, -0.15) is 0 Å². The average molecular weight is 440 g/mol. The van der Waals surface area contributed by atoms with Crippen LogP contribution in [-0.2, 0) is 0 Å². The molecule has 112 valence electrons. The summed E-state index contributed by atoms with van der Waals surface area (Å²) in [4.78, 5) is 0. The molecule has 1 unspecified atom stereocenters. The van der Waals surface area contributed by atoms with Crippen LogP contribution < -0.4 is 5.32 Å². The summed E-state index contributed by atoms with van der Waals surface area (Å²) in [7, 11) is 1.69. The quantitative estimate of drug-likeness (QED) is 0.600. The zero-order valence-corrected chi connectivity index (χ0v) is 15.2. The van der Waals surface area contributed by atoms with Gasteiger partial charge < -0.3 is 5.32 Å².